The van der Waals surface area contributed by atoms with Crippen molar-refractivity contribution in [1.29, 1.82) is 0 Å². The summed E-state index contributed by atoms with van der Waals surface area (Å²) < 4.78 is 42.0. The number of hydrogen-bond acceptors (Lipinski definition) is 5. The predicted octanol–water partition coefficient (Wildman–Crippen LogP) is 2.37. The van der Waals surface area contributed by atoms with Crippen LogP contribution in [-0.2, 0) is 14.3 Å². The predicted molar refractivity (Wildman–Crippen MR) is 63.5 cm³/mol. The normalized spacial score (nSPS) is 12.6. The van der Waals surface area contributed by atoms with Crippen LogP contribution in [0.2, 0.25) is 0 Å². The van der Waals surface area contributed by atoms with Gasteiger partial charge < -0.3 is 4.74 Å². The van der Waals surface area contributed by atoms with E-state index in [1.807, 2.05) is 0 Å². The molecule has 0 amide bonds. The van der Waals surface area contributed by atoms with Gasteiger partial charge in [0, 0.05) is 12.1 Å². The van der Waals surface area contributed by atoms with Crippen LogP contribution in [0.25, 0.3) is 0 Å². The summed E-state index contributed by atoms with van der Waals surface area (Å²) in [7, 11) is 0. The second-order valence-electron chi connectivity index (χ2n) is 3.90. The van der Waals surface area contributed by atoms with Crippen LogP contribution in [0.15, 0.2) is 24.3 Å². The molecule has 0 aromatic heterocycles. The molecule has 0 spiro atoms. The Kier molecular flexibility index (Phi) is 5.01. The van der Waals surface area contributed by atoms with Crippen molar-refractivity contribution in [2.75, 3.05) is 6.61 Å². The first-order chi connectivity index (χ1) is 9.68. The molecule has 0 saturated carbocycles. The second-order valence-corrected chi connectivity index (χ2v) is 3.90. The molecule has 0 aliphatic rings. The fourth-order valence-electron chi connectivity index (χ4n) is 1.57. The van der Waals surface area contributed by atoms with Gasteiger partial charge in [-0.1, -0.05) is 12.1 Å². The standard InChI is InChI=1S/C12H10F3NO5/c1-2-21-11(18)9(10(17)12(13,14)15)7-3-5-8(6-4-7)16(19)20/h3-6,9H,2H2,1H3. The maximum Gasteiger partial charge on any atom is 0.451 e. The lowest BCUT2D eigenvalue weighted by atomic mass is 9.94. The van der Waals surface area contributed by atoms with Gasteiger partial charge in [-0.15, -0.1) is 0 Å². The summed E-state index contributed by atoms with van der Waals surface area (Å²) in [5.41, 5.74) is -0.692. The molecule has 1 aromatic rings. The van der Waals surface area contributed by atoms with Crippen molar-refractivity contribution in [2.24, 2.45) is 0 Å². The Hall–Kier alpha value is -2.45. The van der Waals surface area contributed by atoms with Gasteiger partial charge in [-0.25, -0.2) is 0 Å². The molecule has 0 heterocycles. The Morgan fingerprint density at radius 1 is 1.29 bits per heavy atom. The van der Waals surface area contributed by atoms with Gasteiger partial charge in [-0.2, -0.15) is 13.2 Å². The van der Waals surface area contributed by atoms with Gasteiger partial charge in [0.05, 0.1) is 11.5 Å². The highest BCUT2D eigenvalue weighted by molar-refractivity contribution is 6.07. The fourth-order valence-corrected chi connectivity index (χ4v) is 1.57. The summed E-state index contributed by atoms with van der Waals surface area (Å²) >= 11 is 0. The zero-order valence-electron chi connectivity index (χ0n) is 10.7. The summed E-state index contributed by atoms with van der Waals surface area (Å²) in [6.07, 6.45) is -5.22. The summed E-state index contributed by atoms with van der Waals surface area (Å²) in [5, 5.41) is 10.5. The molecule has 114 valence electrons. The van der Waals surface area contributed by atoms with E-state index in [0.717, 1.165) is 24.3 Å². The Morgan fingerprint density at radius 2 is 1.81 bits per heavy atom. The molecule has 1 atom stereocenters. The summed E-state index contributed by atoms with van der Waals surface area (Å²) in [5.74, 6) is -5.82. The molecule has 0 aliphatic carbocycles. The SMILES string of the molecule is CCOC(=O)C(C(=O)C(F)(F)F)c1ccc([N+](=O)[O-])cc1. The summed E-state index contributed by atoms with van der Waals surface area (Å²) in [4.78, 5) is 32.6. The lowest BCUT2D eigenvalue weighted by Crippen LogP contribution is -2.34. The number of halogens is 3. The average Bonchev–Trinajstić information content (AvgIpc) is 2.38. The molecule has 9 heteroatoms. The number of ketones is 1. The molecule has 0 aliphatic heterocycles. The van der Waals surface area contributed by atoms with Crippen molar-refractivity contribution in [3.63, 3.8) is 0 Å². The number of carbonyl (C=O) groups excluding carboxylic acids is 2. The van der Waals surface area contributed by atoms with Gasteiger partial charge in [0.25, 0.3) is 11.5 Å². The third kappa shape index (κ3) is 4.01. The number of nitro groups is 1. The topological polar surface area (TPSA) is 86.5 Å². The third-order valence-corrected chi connectivity index (χ3v) is 2.50. The molecule has 21 heavy (non-hydrogen) atoms. The van der Waals surface area contributed by atoms with E-state index in [2.05, 4.69) is 4.74 Å². The van der Waals surface area contributed by atoms with Gasteiger partial charge >= 0.3 is 12.1 Å². The maximum atomic E-state index is 12.5. The molecular weight excluding hydrogens is 295 g/mol. The van der Waals surface area contributed by atoms with E-state index in [1.165, 1.54) is 6.92 Å². The number of benzene rings is 1. The number of non-ortho nitro benzene ring substituents is 1. The largest absolute Gasteiger partial charge is 0.465 e. The minimum Gasteiger partial charge on any atom is -0.465 e. The van der Waals surface area contributed by atoms with Crippen LogP contribution in [0.3, 0.4) is 0 Å². The Bertz CT molecular complexity index is 553. The number of nitro benzene ring substituents is 1. The van der Waals surface area contributed by atoms with Crippen molar-refractivity contribution in [1.82, 2.24) is 0 Å². The first-order valence-electron chi connectivity index (χ1n) is 5.70. The smallest absolute Gasteiger partial charge is 0.451 e. The maximum absolute atomic E-state index is 12.5. The number of nitrogens with zero attached hydrogens (tertiary/aromatic N) is 1. The monoisotopic (exact) mass is 305 g/mol. The number of carbonyl (C=O) groups is 2. The number of rotatable bonds is 5. The Morgan fingerprint density at radius 3 is 2.19 bits per heavy atom. The Labute approximate surface area is 116 Å². The van der Waals surface area contributed by atoms with E-state index in [-0.39, 0.29) is 17.9 Å². The molecular formula is C12H10F3NO5. The highest BCUT2D eigenvalue weighted by atomic mass is 19.4. The molecule has 0 bridgehead atoms. The van der Waals surface area contributed by atoms with Crippen molar-refractivity contribution < 1.29 is 32.4 Å². The second kappa shape index (κ2) is 6.33. The van der Waals surface area contributed by atoms with Crippen LogP contribution in [0.1, 0.15) is 18.4 Å². The lowest BCUT2D eigenvalue weighted by Gasteiger charge is -2.16. The van der Waals surface area contributed by atoms with Crippen molar-refractivity contribution >= 4 is 17.4 Å². The van der Waals surface area contributed by atoms with Gasteiger partial charge in [-0.3, -0.25) is 19.7 Å². The van der Waals surface area contributed by atoms with Crippen molar-refractivity contribution in [3.05, 3.63) is 39.9 Å². The van der Waals surface area contributed by atoms with Crippen LogP contribution < -0.4 is 0 Å². The highest BCUT2D eigenvalue weighted by Crippen LogP contribution is 2.29. The lowest BCUT2D eigenvalue weighted by molar-refractivity contribution is -0.384. The molecule has 1 aromatic carbocycles. The van der Waals surface area contributed by atoms with E-state index in [0.29, 0.717) is 0 Å². The summed E-state index contributed by atoms with van der Waals surface area (Å²) in [6.45, 7) is 1.18. The zero-order valence-corrected chi connectivity index (χ0v) is 10.7. The molecule has 0 radical (unpaired) electrons. The minimum absolute atomic E-state index is 0.201. The van der Waals surface area contributed by atoms with Gasteiger partial charge in [-0.05, 0) is 12.5 Å². The van der Waals surface area contributed by atoms with Crippen molar-refractivity contribution in [2.45, 2.75) is 19.0 Å². The zero-order chi connectivity index (χ0) is 16.2. The number of alkyl halides is 3. The van der Waals surface area contributed by atoms with Crippen molar-refractivity contribution in [3.8, 4) is 0 Å². The van der Waals surface area contributed by atoms with Gasteiger partial charge in [0.2, 0.25) is 0 Å². The van der Waals surface area contributed by atoms with E-state index in [4.69, 9.17) is 0 Å². The van der Waals surface area contributed by atoms with Crippen LogP contribution in [-0.4, -0.2) is 29.5 Å². The van der Waals surface area contributed by atoms with E-state index < -0.39 is 28.8 Å². The third-order valence-electron chi connectivity index (χ3n) is 2.50. The average molecular weight is 305 g/mol. The van der Waals surface area contributed by atoms with Crippen LogP contribution in [0, 0.1) is 10.1 Å². The number of hydrogen-bond donors (Lipinski definition) is 0. The number of ether oxygens (including phenoxy) is 1. The van der Waals surface area contributed by atoms with Crippen LogP contribution in [0.4, 0.5) is 18.9 Å². The van der Waals surface area contributed by atoms with Crippen LogP contribution in [0.5, 0.6) is 0 Å². The van der Waals surface area contributed by atoms with Gasteiger partial charge in [0.15, 0.2) is 0 Å². The highest BCUT2D eigenvalue weighted by Gasteiger charge is 2.47. The molecule has 1 rings (SSSR count). The summed E-state index contributed by atoms with van der Waals surface area (Å²) in [6, 6.07) is 3.66. The van der Waals surface area contributed by atoms with E-state index >= 15 is 0 Å². The molecule has 0 saturated heterocycles. The molecule has 0 fully saturated rings. The Balaban J connectivity index is 3.21. The quantitative estimate of drug-likeness (QED) is 0.361. The fraction of sp³-hybridized carbons (Fsp3) is 0.333. The first-order valence-corrected chi connectivity index (χ1v) is 5.70. The van der Waals surface area contributed by atoms with E-state index in [1.54, 1.807) is 0 Å². The van der Waals surface area contributed by atoms with Gasteiger partial charge in [0.1, 0.15) is 5.92 Å². The molecule has 6 nitrogen and oxygen atoms in total. The minimum atomic E-state index is -5.22. The molecule has 1 unspecified atom stereocenters. The van der Waals surface area contributed by atoms with E-state index in [9.17, 15) is 32.9 Å². The van der Waals surface area contributed by atoms with Crippen LogP contribution >= 0.6 is 0 Å². The molecule has 0 N–H and O–H groups in total. The first kappa shape index (κ1) is 16.6. The number of Topliss-reactive ketones (excluding diaryl/α,β-unsaturated/α-hetero) is 1. The number of esters is 1.